The minimum Gasteiger partial charge on any atom is -0.480 e. The zero-order valence-electron chi connectivity index (χ0n) is 10.7. The number of nitrogens with zero attached hydrogens (tertiary/aromatic N) is 3. The van der Waals surface area contributed by atoms with Gasteiger partial charge in [-0.2, -0.15) is 4.98 Å². The summed E-state index contributed by atoms with van der Waals surface area (Å²) in [6.45, 7) is 0.509. The molecule has 3 N–H and O–H groups in total. The van der Waals surface area contributed by atoms with E-state index in [0.717, 1.165) is 6.20 Å². The Morgan fingerprint density at radius 1 is 1.63 bits per heavy atom. The number of aliphatic carboxylic acids is 1. The first-order chi connectivity index (χ1) is 8.97. The van der Waals surface area contributed by atoms with Crippen LogP contribution in [0.2, 0.25) is 0 Å². The maximum absolute atomic E-state index is 13.4. The minimum atomic E-state index is -0.877. The third kappa shape index (κ3) is 3.08. The van der Waals surface area contributed by atoms with E-state index in [-0.39, 0.29) is 11.9 Å². The summed E-state index contributed by atoms with van der Waals surface area (Å²) in [6.07, 6.45) is 1.54. The van der Waals surface area contributed by atoms with Gasteiger partial charge in [-0.15, -0.1) is 0 Å². The number of hydrogen-bond acceptors (Lipinski definition) is 6. The molecule has 2 rings (SSSR count). The molecule has 2 heterocycles. The Hall–Kier alpha value is -1.96. The Morgan fingerprint density at radius 3 is 2.95 bits per heavy atom. The molecule has 0 bridgehead atoms. The molecule has 7 nitrogen and oxygen atoms in total. The molecule has 2 atom stereocenters. The summed E-state index contributed by atoms with van der Waals surface area (Å²) in [6, 6.07) is -0.646. The number of carbonyl (C=O) groups is 1. The van der Waals surface area contributed by atoms with Gasteiger partial charge in [0.2, 0.25) is 5.95 Å². The first-order valence-corrected chi connectivity index (χ1v) is 5.90. The van der Waals surface area contributed by atoms with Gasteiger partial charge in [0.05, 0.1) is 6.20 Å². The molecule has 104 valence electrons. The SMILES string of the molecule is CN(C)c1nc(N[C@@H]2CN[C@H](C(=O)O)C2)ncc1F. The van der Waals surface area contributed by atoms with Gasteiger partial charge in [-0.05, 0) is 6.42 Å². The van der Waals surface area contributed by atoms with Crippen molar-refractivity contribution in [1.29, 1.82) is 0 Å². The van der Waals surface area contributed by atoms with Crippen LogP contribution in [0.1, 0.15) is 6.42 Å². The molecule has 0 amide bonds. The predicted octanol–water partition coefficient (Wildman–Crippen LogP) is -0.0913. The molecular formula is C11H16FN5O2. The summed E-state index contributed by atoms with van der Waals surface area (Å²) in [5, 5.41) is 14.8. The molecule has 1 aromatic rings. The van der Waals surface area contributed by atoms with E-state index >= 15 is 0 Å². The Balaban J connectivity index is 2.04. The van der Waals surface area contributed by atoms with Crippen molar-refractivity contribution in [3.05, 3.63) is 12.0 Å². The summed E-state index contributed by atoms with van der Waals surface area (Å²) in [5.41, 5.74) is 0. The van der Waals surface area contributed by atoms with Gasteiger partial charge in [0, 0.05) is 26.7 Å². The molecule has 0 spiro atoms. The molecule has 0 unspecified atom stereocenters. The van der Waals surface area contributed by atoms with Crippen LogP contribution in [0.5, 0.6) is 0 Å². The van der Waals surface area contributed by atoms with Crippen molar-refractivity contribution in [3.8, 4) is 0 Å². The zero-order chi connectivity index (χ0) is 14.0. The van der Waals surface area contributed by atoms with Crippen LogP contribution in [-0.2, 0) is 4.79 Å². The van der Waals surface area contributed by atoms with Crippen LogP contribution in [0, 0.1) is 5.82 Å². The summed E-state index contributed by atoms with van der Waals surface area (Å²) in [4.78, 5) is 20.3. The fraction of sp³-hybridized carbons (Fsp3) is 0.545. The predicted molar refractivity (Wildman–Crippen MR) is 67.8 cm³/mol. The second-order valence-corrected chi connectivity index (χ2v) is 4.64. The molecule has 8 heteroatoms. The molecule has 0 radical (unpaired) electrons. The van der Waals surface area contributed by atoms with E-state index < -0.39 is 17.8 Å². The second-order valence-electron chi connectivity index (χ2n) is 4.64. The van der Waals surface area contributed by atoms with Gasteiger partial charge in [0.1, 0.15) is 6.04 Å². The van der Waals surface area contributed by atoms with Gasteiger partial charge in [-0.3, -0.25) is 4.79 Å². The van der Waals surface area contributed by atoms with Crippen molar-refractivity contribution in [1.82, 2.24) is 15.3 Å². The van der Waals surface area contributed by atoms with Gasteiger partial charge < -0.3 is 20.6 Å². The number of rotatable bonds is 4. The van der Waals surface area contributed by atoms with Gasteiger partial charge >= 0.3 is 5.97 Å². The Labute approximate surface area is 109 Å². The molecule has 1 aliphatic heterocycles. The van der Waals surface area contributed by atoms with Crippen LogP contribution in [0.3, 0.4) is 0 Å². The summed E-state index contributed by atoms with van der Waals surface area (Å²) < 4.78 is 13.4. The third-order valence-electron chi connectivity index (χ3n) is 2.91. The number of nitrogens with one attached hydrogen (secondary N) is 2. The topological polar surface area (TPSA) is 90.4 Å². The molecule has 1 aromatic heterocycles. The molecular weight excluding hydrogens is 253 g/mol. The van der Waals surface area contributed by atoms with Crippen molar-refractivity contribution in [2.75, 3.05) is 30.9 Å². The lowest BCUT2D eigenvalue weighted by Crippen LogP contribution is -2.30. The fourth-order valence-electron chi connectivity index (χ4n) is 1.96. The quantitative estimate of drug-likeness (QED) is 0.703. The molecule has 0 aromatic carbocycles. The monoisotopic (exact) mass is 269 g/mol. The maximum atomic E-state index is 13.4. The van der Waals surface area contributed by atoms with E-state index in [1.807, 2.05) is 0 Å². The molecule has 0 saturated carbocycles. The normalized spacial score (nSPS) is 22.3. The van der Waals surface area contributed by atoms with Crippen LogP contribution in [0.15, 0.2) is 6.20 Å². The zero-order valence-corrected chi connectivity index (χ0v) is 10.7. The number of hydrogen-bond donors (Lipinski definition) is 3. The lowest BCUT2D eigenvalue weighted by Gasteiger charge is -2.15. The summed E-state index contributed by atoms with van der Waals surface area (Å²) in [7, 11) is 3.37. The Bertz CT molecular complexity index is 482. The molecule has 1 fully saturated rings. The van der Waals surface area contributed by atoms with Crippen LogP contribution in [0.4, 0.5) is 16.2 Å². The van der Waals surface area contributed by atoms with Gasteiger partial charge in [0.15, 0.2) is 11.6 Å². The van der Waals surface area contributed by atoms with Crippen LogP contribution < -0.4 is 15.5 Å². The van der Waals surface area contributed by atoms with E-state index in [4.69, 9.17) is 5.11 Å². The van der Waals surface area contributed by atoms with Crippen molar-refractivity contribution in [2.24, 2.45) is 0 Å². The smallest absolute Gasteiger partial charge is 0.320 e. The Kier molecular flexibility index (Phi) is 3.79. The van der Waals surface area contributed by atoms with E-state index in [1.165, 1.54) is 0 Å². The van der Waals surface area contributed by atoms with E-state index in [1.54, 1.807) is 19.0 Å². The van der Waals surface area contributed by atoms with Gasteiger partial charge in [0.25, 0.3) is 0 Å². The lowest BCUT2D eigenvalue weighted by molar-refractivity contribution is -0.139. The average Bonchev–Trinajstić information content (AvgIpc) is 2.80. The Morgan fingerprint density at radius 2 is 2.37 bits per heavy atom. The molecule has 0 aliphatic carbocycles. The summed E-state index contributed by atoms with van der Waals surface area (Å²) in [5.74, 6) is -0.886. The molecule has 19 heavy (non-hydrogen) atoms. The highest BCUT2D eigenvalue weighted by Gasteiger charge is 2.29. The molecule has 1 saturated heterocycles. The van der Waals surface area contributed by atoms with E-state index in [2.05, 4.69) is 20.6 Å². The van der Waals surface area contributed by atoms with Crippen LogP contribution in [0.25, 0.3) is 0 Å². The van der Waals surface area contributed by atoms with Crippen molar-refractivity contribution >= 4 is 17.7 Å². The number of carboxylic acids is 1. The molecule has 1 aliphatic rings. The van der Waals surface area contributed by atoms with E-state index in [0.29, 0.717) is 18.9 Å². The minimum absolute atomic E-state index is 0.0819. The van der Waals surface area contributed by atoms with E-state index in [9.17, 15) is 9.18 Å². The third-order valence-corrected chi connectivity index (χ3v) is 2.91. The number of aromatic nitrogens is 2. The largest absolute Gasteiger partial charge is 0.480 e. The second kappa shape index (κ2) is 5.35. The lowest BCUT2D eigenvalue weighted by atomic mass is 10.2. The maximum Gasteiger partial charge on any atom is 0.320 e. The first kappa shape index (κ1) is 13.5. The fourth-order valence-corrected chi connectivity index (χ4v) is 1.96. The average molecular weight is 269 g/mol. The van der Waals surface area contributed by atoms with Crippen molar-refractivity contribution in [2.45, 2.75) is 18.5 Å². The highest BCUT2D eigenvalue weighted by molar-refractivity contribution is 5.74. The van der Waals surface area contributed by atoms with Gasteiger partial charge in [-0.1, -0.05) is 0 Å². The van der Waals surface area contributed by atoms with Crippen LogP contribution >= 0.6 is 0 Å². The van der Waals surface area contributed by atoms with Crippen molar-refractivity contribution in [3.63, 3.8) is 0 Å². The van der Waals surface area contributed by atoms with Crippen molar-refractivity contribution < 1.29 is 14.3 Å². The van der Waals surface area contributed by atoms with Gasteiger partial charge in [-0.25, -0.2) is 9.37 Å². The standard InChI is InChI=1S/C11H16FN5O2/c1-17(2)9-7(12)5-14-11(16-9)15-6-3-8(10(18)19)13-4-6/h5-6,8,13H,3-4H2,1-2H3,(H,18,19)(H,14,15,16)/t6-,8-/m0/s1. The number of halogens is 1. The first-order valence-electron chi connectivity index (χ1n) is 5.90. The number of anilines is 2. The summed E-state index contributed by atoms with van der Waals surface area (Å²) >= 11 is 0. The number of carboxylic acid groups (broad SMARTS) is 1. The highest BCUT2D eigenvalue weighted by atomic mass is 19.1. The van der Waals surface area contributed by atoms with Crippen LogP contribution in [-0.4, -0.2) is 53.8 Å². The highest BCUT2D eigenvalue weighted by Crippen LogP contribution is 2.17.